The van der Waals surface area contributed by atoms with Crippen LogP contribution in [0.25, 0.3) is 6.08 Å². The molecule has 0 aliphatic rings. The second kappa shape index (κ2) is 8.73. The van der Waals surface area contributed by atoms with Crippen LogP contribution in [-0.2, 0) is 0 Å². The smallest absolute Gasteiger partial charge is 0.185 e. The molecule has 0 aliphatic heterocycles. The van der Waals surface area contributed by atoms with E-state index in [9.17, 15) is 4.79 Å². The summed E-state index contributed by atoms with van der Waals surface area (Å²) in [4.78, 5) is 12.4. The zero-order valence-electron chi connectivity index (χ0n) is 14.7. The molecule has 0 radical (unpaired) electrons. The molecule has 0 atom stereocenters. The van der Waals surface area contributed by atoms with Gasteiger partial charge in [-0.25, -0.2) is 0 Å². The topological polar surface area (TPSA) is 44.8 Å². The second-order valence-corrected chi connectivity index (χ2v) is 5.35. The van der Waals surface area contributed by atoms with Crippen LogP contribution in [0.4, 0.5) is 0 Å². The molecule has 2 aromatic rings. The third kappa shape index (κ3) is 4.51. The number of allylic oxidation sites excluding steroid dienone is 1. The molecule has 0 saturated heterocycles. The standard InChI is InChI=1S/C21H22O4/c1-5-14-25-17-9-7-16(8-10-17)19(22)12-11-18-20(23-3)13-6-15(2)21(18)24-4/h5-13H,1,14H2,2-4H3/b12-11+. The fourth-order valence-corrected chi connectivity index (χ4v) is 2.42. The number of ether oxygens (including phenoxy) is 3. The number of aryl methyl sites for hydroxylation is 1. The number of carbonyl (C=O) groups excluding carboxylic acids is 1. The zero-order chi connectivity index (χ0) is 18.2. The van der Waals surface area contributed by atoms with Crippen LogP contribution in [0.15, 0.2) is 55.1 Å². The first-order chi connectivity index (χ1) is 12.1. The average molecular weight is 338 g/mol. The van der Waals surface area contributed by atoms with Gasteiger partial charge in [-0.2, -0.15) is 0 Å². The number of carbonyl (C=O) groups is 1. The summed E-state index contributed by atoms with van der Waals surface area (Å²) < 4.78 is 16.2. The molecule has 2 rings (SSSR count). The second-order valence-electron chi connectivity index (χ2n) is 5.35. The number of rotatable bonds is 8. The van der Waals surface area contributed by atoms with Crippen LogP contribution in [0.1, 0.15) is 21.5 Å². The van der Waals surface area contributed by atoms with Gasteiger partial charge in [0.2, 0.25) is 0 Å². The molecule has 130 valence electrons. The summed E-state index contributed by atoms with van der Waals surface area (Å²) in [5.41, 5.74) is 2.29. The molecule has 0 heterocycles. The SMILES string of the molecule is C=CCOc1ccc(C(=O)/C=C/c2c(OC)ccc(C)c2OC)cc1. The minimum absolute atomic E-state index is 0.110. The van der Waals surface area contributed by atoms with Gasteiger partial charge in [-0.1, -0.05) is 18.7 Å². The van der Waals surface area contributed by atoms with Gasteiger partial charge in [0.25, 0.3) is 0 Å². The average Bonchev–Trinajstić information content (AvgIpc) is 2.64. The van der Waals surface area contributed by atoms with Gasteiger partial charge in [-0.3, -0.25) is 4.79 Å². The van der Waals surface area contributed by atoms with Gasteiger partial charge in [0.05, 0.1) is 19.8 Å². The highest BCUT2D eigenvalue weighted by atomic mass is 16.5. The molecular weight excluding hydrogens is 316 g/mol. The van der Waals surface area contributed by atoms with Crippen LogP contribution in [-0.4, -0.2) is 26.6 Å². The third-order valence-corrected chi connectivity index (χ3v) is 3.69. The lowest BCUT2D eigenvalue weighted by atomic mass is 10.1. The molecule has 0 aliphatic carbocycles. The number of ketones is 1. The summed E-state index contributed by atoms with van der Waals surface area (Å²) >= 11 is 0. The first kappa shape index (κ1) is 18.3. The molecule has 0 unspecified atom stereocenters. The van der Waals surface area contributed by atoms with Crippen LogP contribution >= 0.6 is 0 Å². The normalized spacial score (nSPS) is 10.5. The summed E-state index contributed by atoms with van der Waals surface area (Å²) in [5, 5.41) is 0. The van der Waals surface area contributed by atoms with Crippen LogP contribution in [0.5, 0.6) is 17.2 Å². The van der Waals surface area contributed by atoms with E-state index in [4.69, 9.17) is 14.2 Å². The minimum atomic E-state index is -0.110. The Bertz CT molecular complexity index is 773. The Balaban J connectivity index is 2.23. The number of hydrogen-bond acceptors (Lipinski definition) is 4. The summed E-state index contributed by atoms with van der Waals surface area (Å²) in [6.07, 6.45) is 4.90. The van der Waals surface area contributed by atoms with Crippen molar-refractivity contribution in [1.82, 2.24) is 0 Å². The fourth-order valence-electron chi connectivity index (χ4n) is 2.42. The van der Waals surface area contributed by atoms with Crippen LogP contribution in [0.2, 0.25) is 0 Å². The molecule has 0 spiro atoms. The van der Waals surface area contributed by atoms with Gasteiger partial charge in [-0.15, -0.1) is 0 Å². The Morgan fingerprint density at radius 3 is 2.40 bits per heavy atom. The predicted octanol–water partition coefficient (Wildman–Crippen LogP) is 4.47. The van der Waals surface area contributed by atoms with Crippen LogP contribution < -0.4 is 14.2 Å². The molecule has 0 aromatic heterocycles. The van der Waals surface area contributed by atoms with Crippen LogP contribution in [0.3, 0.4) is 0 Å². The molecular formula is C21H22O4. The summed E-state index contributed by atoms with van der Waals surface area (Å²) in [6, 6.07) is 10.8. The van der Waals surface area contributed by atoms with E-state index < -0.39 is 0 Å². The van der Waals surface area contributed by atoms with Crippen LogP contribution in [0, 0.1) is 6.92 Å². The van der Waals surface area contributed by atoms with E-state index in [0.717, 1.165) is 11.1 Å². The van der Waals surface area contributed by atoms with Crippen molar-refractivity contribution in [1.29, 1.82) is 0 Å². The van der Waals surface area contributed by atoms with Crippen molar-refractivity contribution in [2.45, 2.75) is 6.92 Å². The molecule has 4 nitrogen and oxygen atoms in total. The van der Waals surface area contributed by atoms with Gasteiger partial charge in [0, 0.05) is 5.56 Å². The van der Waals surface area contributed by atoms with Crippen molar-refractivity contribution in [3.63, 3.8) is 0 Å². The molecule has 2 aromatic carbocycles. The molecule has 25 heavy (non-hydrogen) atoms. The Morgan fingerprint density at radius 1 is 1.08 bits per heavy atom. The van der Waals surface area contributed by atoms with Gasteiger partial charge in [0.1, 0.15) is 23.9 Å². The van der Waals surface area contributed by atoms with E-state index in [-0.39, 0.29) is 5.78 Å². The highest BCUT2D eigenvalue weighted by Crippen LogP contribution is 2.33. The van der Waals surface area contributed by atoms with Crippen molar-refractivity contribution < 1.29 is 19.0 Å². The van der Waals surface area contributed by atoms with E-state index in [1.165, 1.54) is 6.08 Å². The number of methoxy groups -OCH3 is 2. The molecule has 0 N–H and O–H groups in total. The lowest BCUT2D eigenvalue weighted by molar-refractivity contribution is 0.104. The monoisotopic (exact) mass is 338 g/mol. The van der Waals surface area contributed by atoms with E-state index in [1.54, 1.807) is 50.6 Å². The molecule has 4 heteroatoms. The fraction of sp³-hybridized carbons (Fsp3) is 0.190. The van der Waals surface area contributed by atoms with Gasteiger partial charge >= 0.3 is 0 Å². The van der Waals surface area contributed by atoms with Crippen molar-refractivity contribution in [2.24, 2.45) is 0 Å². The minimum Gasteiger partial charge on any atom is -0.496 e. The maximum Gasteiger partial charge on any atom is 0.185 e. The maximum absolute atomic E-state index is 12.4. The number of benzene rings is 2. The Labute approximate surface area is 148 Å². The van der Waals surface area contributed by atoms with E-state index in [1.807, 2.05) is 19.1 Å². The summed E-state index contributed by atoms with van der Waals surface area (Å²) in [5.74, 6) is 1.93. The van der Waals surface area contributed by atoms with E-state index >= 15 is 0 Å². The van der Waals surface area contributed by atoms with E-state index in [2.05, 4.69) is 6.58 Å². The predicted molar refractivity (Wildman–Crippen MR) is 99.8 cm³/mol. The summed E-state index contributed by atoms with van der Waals surface area (Å²) in [7, 11) is 3.19. The lowest BCUT2D eigenvalue weighted by Gasteiger charge is -2.12. The molecule has 0 fully saturated rings. The first-order valence-corrected chi connectivity index (χ1v) is 7.88. The summed E-state index contributed by atoms with van der Waals surface area (Å²) in [6.45, 7) is 5.97. The molecule has 0 saturated carbocycles. The van der Waals surface area contributed by atoms with Gasteiger partial charge < -0.3 is 14.2 Å². The quantitative estimate of drug-likeness (QED) is 0.405. The van der Waals surface area contributed by atoms with Crippen molar-refractivity contribution in [2.75, 3.05) is 20.8 Å². The van der Waals surface area contributed by atoms with Gasteiger partial charge in [-0.05, 0) is 55.0 Å². The number of hydrogen-bond donors (Lipinski definition) is 0. The Kier molecular flexibility index (Phi) is 6.40. The van der Waals surface area contributed by atoms with Crippen molar-refractivity contribution in [3.8, 4) is 17.2 Å². The Hall–Kier alpha value is -3.01. The largest absolute Gasteiger partial charge is 0.496 e. The third-order valence-electron chi connectivity index (χ3n) is 3.69. The highest BCUT2D eigenvalue weighted by molar-refractivity contribution is 6.07. The zero-order valence-corrected chi connectivity index (χ0v) is 14.7. The first-order valence-electron chi connectivity index (χ1n) is 7.88. The van der Waals surface area contributed by atoms with Gasteiger partial charge in [0.15, 0.2) is 5.78 Å². The van der Waals surface area contributed by atoms with Crippen molar-refractivity contribution >= 4 is 11.9 Å². The highest BCUT2D eigenvalue weighted by Gasteiger charge is 2.11. The molecule has 0 bridgehead atoms. The maximum atomic E-state index is 12.4. The molecule has 0 amide bonds. The van der Waals surface area contributed by atoms with Crippen molar-refractivity contribution in [3.05, 3.63) is 71.8 Å². The Morgan fingerprint density at radius 2 is 1.80 bits per heavy atom. The lowest BCUT2D eigenvalue weighted by Crippen LogP contribution is -1.98. The van der Waals surface area contributed by atoms with E-state index in [0.29, 0.717) is 29.4 Å².